The second-order valence-corrected chi connectivity index (χ2v) is 25.8. The predicted octanol–water partition coefficient (Wildman–Crippen LogP) is 15.7. The second-order valence-electron chi connectivity index (χ2n) is 17.8. The van der Waals surface area contributed by atoms with Gasteiger partial charge >= 0.3 is 0 Å². The minimum atomic E-state index is -2.16. The molecular weight excluding hydrogens is 677 g/mol. The molecule has 0 unspecified atom stereocenters. The first-order chi connectivity index (χ1) is 24.9. The van der Waals surface area contributed by atoms with Crippen LogP contribution in [0, 0.1) is 20.8 Å². The largest absolute Gasteiger partial charge is 0.116 e. The average molecular weight is 737 g/mol. The number of rotatable bonds is 7. The highest BCUT2D eigenvalue weighted by molar-refractivity contribution is 9.08. The smallest absolute Gasteiger partial charge is 0.0126 e. The van der Waals surface area contributed by atoms with Crippen LogP contribution in [0.15, 0.2) is 175 Å². The van der Waals surface area contributed by atoms with E-state index in [1.165, 1.54) is 62.8 Å². The van der Waals surface area contributed by atoms with Gasteiger partial charge in [-0.15, -0.1) is 18.1 Å². The van der Waals surface area contributed by atoms with Crippen LogP contribution in [-0.2, 0) is 16.2 Å². The normalized spacial score (nSPS) is 13.5. The Morgan fingerprint density at radius 2 is 0.585 bits per heavy atom. The van der Waals surface area contributed by atoms with E-state index in [1.807, 2.05) is 0 Å². The molecule has 0 N–H and O–H groups in total. The number of aryl methyl sites for hydroxylation is 3. The fraction of sp³-hybridized carbons (Fsp3) is 0.294. The third-order valence-electron chi connectivity index (χ3n) is 10.6. The lowest BCUT2D eigenvalue weighted by Crippen LogP contribution is -2.19. The first-order valence-corrected chi connectivity index (χ1v) is 22.9. The van der Waals surface area contributed by atoms with Crippen LogP contribution in [0.2, 0.25) is 0 Å². The van der Waals surface area contributed by atoms with E-state index in [-0.39, 0.29) is 16.2 Å². The molecule has 0 amide bonds. The van der Waals surface area contributed by atoms with Gasteiger partial charge in [-0.3, -0.25) is 0 Å². The van der Waals surface area contributed by atoms with E-state index in [4.69, 9.17) is 0 Å². The summed E-state index contributed by atoms with van der Waals surface area (Å²) >= 11 is 0. The maximum Gasteiger partial charge on any atom is 0.0126 e. The minimum Gasteiger partial charge on any atom is -0.116 e. The molecule has 0 radical (unpaired) electrons. The summed E-state index contributed by atoms with van der Waals surface area (Å²) in [7, 11) is -4.29. The second kappa shape index (κ2) is 14.3. The highest BCUT2D eigenvalue weighted by Crippen LogP contribution is 2.99. The van der Waals surface area contributed by atoms with Crippen LogP contribution < -0.4 is 0 Å². The van der Waals surface area contributed by atoms with Gasteiger partial charge in [0, 0.05) is 29.4 Å². The van der Waals surface area contributed by atoms with E-state index in [1.54, 1.807) is 0 Å². The first-order valence-electron chi connectivity index (χ1n) is 19.1. The molecule has 0 saturated heterocycles. The Morgan fingerprint density at radius 1 is 0.321 bits per heavy atom. The van der Waals surface area contributed by atoms with Crippen molar-refractivity contribution < 1.29 is 0 Å². The molecule has 0 atom stereocenters. The monoisotopic (exact) mass is 736 g/mol. The van der Waals surface area contributed by atoms with Crippen molar-refractivity contribution in [3.05, 3.63) is 179 Å². The SMILES string of the molecule is Cc1cc(C)c(S(c2ccccc2)(c2ccccc2)S(c2ccc(C(C)(C)C)cc2)(c2ccc(C(C)(C)C)cc2)c2ccc(C(C)(C)C)cc2)c(C)c1. The van der Waals surface area contributed by atoms with Crippen LogP contribution in [0.1, 0.15) is 95.7 Å². The van der Waals surface area contributed by atoms with E-state index >= 15 is 0 Å². The van der Waals surface area contributed by atoms with Gasteiger partial charge in [-0.2, -0.15) is 0 Å². The van der Waals surface area contributed by atoms with Gasteiger partial charge in [-0.1, -0.05) is 153 Å². The summed E-state index contributed by atoms with van der Waals surface area (Å²) in [6, 6.07) is 57.5. The highest BCUT2D eigenvalue weighted by atomic mass is 33.2. The van der Waals surface area contributed by atoms with E-state index in [0.29, 0.717) is 0 Å². The molecule has 0 aromatic heterocycles. The Bertz CT molecular complexity index is 1950. The Labute approximate surface area is 324 Å². The summed E-state index contributed by atoms with van der Waals surface area (Å²) in [6.45, 7) is 27.9. The quantitative estimate of drug-likeness (QED) is 0.143. The number of benzene rings is 6. The summed E-state index contributed by atoms with van der Waals surface area (Å²) < 4.78 is 0. The fourth-order valence-electron chi connectivity index (χ4n) is 7.91. The van der Waals surface area contributed by atoms with Crippen molar-refractivity contribution in [1.29, 1.82) is 0 Å². The van der Waals surface area contributed by atoms with Gasteiger partial charge in [0.2, 0.25) is 0 Å². The molecule has 0 nitrogen and oxygen atoms in total. The zero-order valence-electron chi connectivity index (χ0n) is 34.2. The molecule has 6 aromatic rings. The predicted molar refractivity (Wildman–Crippen MR) is 234 cm³/mol. The Hall–Kier alpha value is -3.98. The summed E-state index contributed by atoms with van der Waals surface area (Å²) in [5, 5.41) is 0. The first kappa shape index (κ1) is 38.7. The Balaban J connectivity index is 1.96. The zero-order valence-corrected chi connectivity index (χ0v) is 35.8. The van der Waals surface area contributed by atoms with Crippen molar-refractivity contribution in [1.82, 2.24) is 0 Å². The van der Waals surface area contributed by atoms with Crippen molar-refractivity contribution in [3.63, 3.8) is 0 Å². The summed E-state index contributed by atoms with van der Waals surface area (Å²) in [5.74, 6) is 0. The lowest BCUT2D eigenvalue weighted by Gasteiger charge is -2.61. The molecule has 0 aliphatic heterocycles. The van der Waals surface area contributed by atoms with E-state index in [2.05, 4.69) is 229 Å². The topological polar surface area (TPSA) is 0 Å². The lowest BCUT2D eigenvalue weighted by atomic mass is 9.87. The van der Waals surface area contributed by atoms with Gasteiger partial charge in [0.05, 0.1) is 0 Å². The third-order valence-corrected chi connectivity index (χ3v) is 22.9. The molecular formula is C51H60S2. The van der Waals surface area contributed by atoms with Gasteiger partial charge < -0.3 is 0 Å². The van der Waals surface area contributed by atoms with Crippen LogP contribution in [0.25, 0.3) is 0 Å². The highest BCUT2D eigenvalue weighted by Gasteiger charge is 2.52. The Kier molecular flexibility index (Phi) is 10.5. The van der Waals surface area contributed by atoms with Gasteiger partial charge in [0.15, 0.2) is 0 Å². The molecule has 53 heavy (non-hydrogen) atoms. The fourth-order valence-corrected chi connectivity index (χ4v) is 22.4. The van der Waals surface area contributed by atoms with Gasteiger partial charge in [0.25, 0.3) is 0 Å². The lowest BCUT2D eigenvalue weighted by molar-refractivity contribution is 0.589. The van der Waals surface area contributed by atoms with Crippen molar-refractivity contribution >= 4 is 18.1 Å². The minimum absolute atomic E-state index is 0.0339. The standard InChI is InChI=1S/C51H60S2/c1-37-35-38(2)48(39(3)36-37)53(43-19-15-13-16-20-43,44-21-17-14-18-22-44)52(45-29-23-40(24-30-45)49(4,5)6,46-31-25-41(26-32-46)50(7,8)9)47-33-27-42(28-34-47)51(10,11)12/h13-36H,1-12H3. The summed E-state index contributed by atoms with van der Waals surface area (Å²) in [5.41, 5.74) is 8.16. The van der Waals surface area contributed by atoms with Crippen LogP contribution in [0.4, 0.5) is 0 Å². The van der Waals surface area contributed by atoms with Crippen LogP contribution >= 0.6 is 18.1 Å². The third kappa shape index (κ3) is 6.94. The molecule has 2 heteroatoms. The van der Waals surface area contributed by atoms with Gasteiger partial charge in [-0.25, -0.2) is 0 Å². The van der Waals surface area contributed by atoms with Crippen LogP contribution in [0.3, 0.4) is 0 Å². The Morgan fingerprint density at radius 3 is 0.849 bits per heavy atom. The molecule has 276 valence electrons. The molecule has 0 aliphatic carbocycles. The van der Waals surface area contributed by atoms with E-state index in [9.17, 15) is 0 Å². The molecule has 6 rings (SSSR count). The maximum absolute atomic E-state index is 2.50. The molecule has 0 bridgehead atoms. The molecule has 0 fully saturated rings. The van der Waals surface area contributed by atoms with Crippen molar-refractivity contribution in [3.8, 4) is 0 Å². The molecule has 0 saturated carbocycles. The summed E-state index contributed by atoms with van der Waals surface area (Å²) in [4.78, 5) is 8.40. The van der Waals surface area contributed by atoms with Crippen molar-refractivity contribution in [2.24, 2.45) is 0 Å². The van der Waals surface area contributed by atoms with Crippen LogP contribution in [0.5, 0.6) is 0 Å². The van der Waals surface area contributed by atoms with E-state index < -0.39 is 18.1 Å². The van der Waals surface area contributed by atoms with Crippen molar-refractivity contribution in [2.75, 3.05) is 0 Å². The maximum atomic E-state index is 2.50. The number of hydrogen-bond acceptors (Lipinski definition) is 0. The van der Waals surface area contributed by atoms with Crippen LogP contribution in [-0.4, -0.2) is 0 Å². The molecule has 0 spiro atoms. The van der Waals surface area contributed by atoms with Gasteiger partial charge in [-0.05, 0) is 125 Å². The average Bonchev–Trinajstić information content (AvgIpc) is 3.11. The zero-order chi connectivity index (χ0) is 38.4. The molecule has 0 aliphatic rings. The van der Waals surface area contributed by atoms with E-state index in [0.717, 1.165) is 0 Å². The summed E-state index contributed by atoms with van der Waals surface area (Å²) in [6.07, 6.45) is 0. The number of hydrogen-bond donors (Lipinski definition) is 0. The molecule has 0 heterocycles. The van der Waals surface area contributed by atoms with Crippen molar-refractivity contribution in [2.45, 2.75) is 129 Å². The van der Waals surface area contributed by atoms with Gasteiger partial charge in [0.1, 0.15) is 0 Å². The molecule has 6 aromatic carbocycles.